The number of aromatic nitrogens is 1. The Kier molecular flexibility index (Phi) is 5.12. The van der Waals surface area contributed by atoms with Crippen molar-refractivity contribution >= 4 is 12.0 Å². The quantitative estimate of drug-likeness (QED) is 0.821. The van der Waals surface area contributed by atoms with Crippen LogP contribution in [-0.2, 0) is 17.6 Å². The van der Waals surface area contributed by atoms with Gasteiger partial charge in [0, 0.05) is 12.6 Å². The highest BCUT2D eigenvalue weighted by atomic mass is 16.3. The molecule has 1 N–H and O–H groups in total. The van der Waals surface area contributed by atoms with E-state index in [0.717, 1.165) is 12.8 Å². The molecule has 0 radical (unpaired) electrons. The van der Waals surface area contributed by atoms with Gasteiger partial charge in [0.1, 0.15) is 12.0 Å². The van der Waals surface area contributed by atoms with Crippen molar-refractivity contribution in [1.82, 2.24) is 10.3 Å². The van der Waals surface area contributed by atoms with Crippen molar-refractivity contribution in [3.05, 3.63) is 59.8 Å². The van der Waals surface area contributed by atoms with E-state index in [0.29, 0.717) is 12.2 Å². The maximum absolute atomic E-state index is 11.6. The number of hydrogen-bond acceptors (Lipinski definition) is 3. The number of hydrogen-bond donors (Lipinski definition) is 1. The van der Waals surface area contributed by atoms with Crippen molar-refractivity contribution in [2.45, 2.75) is 19.8 Å². The van der Waals surface area contributed by atoms with E-state index in [9.17, 15) is 4.79 Å². The molecule has 0 aliphatic heterocycles. The monoisotopic (exact) mass is 270 g/mol. The number of amides is 1. The molecule has 1 amide bonds. The normalized spacial score (nSPS) is 10.8. The van der Waals surface area contributed by atoms with Crippen molar-refractivity contribution in [2.75, 3.05) is 6.54 Å². The lowest BCUT2D eigenvalue weighted by Crippen LogP contribution is -2.23. The van der Waals surface area contributed by atoms with Crippen LogP contribution in [0.5, 0.6) is 0 Å². The van der Waals surface area contributed by atoms with E-state index >= 15 is 0 Å². The molecule has 0 aliphatic carbocycles. The Morgan fingerprint density at radius 2 is 2.05 bits per heavy atom. The van der Waals surface area contributed by atoms with Gasteiger partial charge in [0.2, 0.25) is 5.91 Å². The number of benzene rings is 1. The van der Waals surface area contributed by atoms with Crippen molar-refractivity contribution in [3.8, 4) is 0 Å². The second-order valence-corrected chi connectivity index (χ2v) is 4.46. The van der Waals surface area contributed by atoms with Gasteiger partial charge >= 0.3 is 0 Å². The van der Waals surface area contributed by atoms with Gasteiger partial charge in [0.05, 0.1) is 0 Å². The standard InChI is InChI=1S/C16H18N2O2/c1-2-13-3-5-14(6-4-13)9-10-17-16(19)8-7-15-11-20-12-18-15/h3-8,11-12H,2,9-10H2,1H3,(H,17,19). The number of carbonyl (C=O) groups excluding carboxylic acids is 1. The summed E-state index contributed by atoms with van der Waals surface area (Å²) in [4.78, 5) is 15.5. The van der Waals surface area contributed by atoms with Gasteiger partial charge in [-0.25, -0.2) is 4.98 Å². The number of aryl methyl sites for hydroxylation is 1. The van der Waals surface area contributed by atoms with Crippen LogP contribution in [0, 0.1) is 0 Å². The fraction of sp³-hybridized carbons (Fsp3) is 0.250. The zero-order chi connectivity index (χ0) is 14.2. The van der Waals surface area contributed by atoms with Crippen molar-refractivity contribution in [2.24, 2.45) is 0 Å². The summed E-state index contributed by atoms with van der Waals surface area (Å²) < 4.78 is 4.81. The number of oxazole rings is 1. The largest absolute Gasteiger partial charge is 0.451 e. The van der Waals surface area contributed by atoms with E-state index in [1.54, 1.807) is 6.08 Å². The van der Waals surface area contributed by atoms with Gasteiger partial charge in [-0.2, -0.15) is 0 Å². The first kappa shape index (κ1) is 14.1. The molecule has 1 heterocycles. The van der Waals surface area contributed by atoms with Gasteiger partial charge in [-0.3, -0.25) is 4.79 Å². The fourth-order valence-corrected chi connectivity index (χ4v) is 1.80. The third kappa shape index (κ3) is 4.39. The summed E-state index contributed by atoms with van der Waals surface area (Å²) in [5.74, 6) is -0.127. The maximum atomic E-state index is 11.6. The average molecular weight is 270 g/mol. The van der Waals surface area contributed by atoms with Crippen LogP contribution in [0.25, 0.3) is 6.08 Å². The first-order valence-electron chi connectivity index (χ1n) is 6.70. The highest BCUT2D eigenvalue weighted by molar-refractivity contribution is 5.91. The summed E-state index contributed by atoms with van der Waals surface area (Å²) in [5, 5.41) is 2.84. The van der Waals surface area contributed by atoms with Crippen LogP contribution < -0.4 is 5.32 Å². The van der Waals surface area contributed by atoms with Gasteiger partial charge < -0.3 is 9.73 Å². The second kappa shape index (κ2) is 7.28. The molecule has 0 fully saturated rings. The summed E-state index contributed by atoms with van der Waals surface area (Å²) in [6, 6.07) is 8.47. The maximum Gasteiger partial charge on any atom is 0.244 e. The third-order valence-electron chi connectivity index (χ3n) is 3.00. The molecular weight excluding hydrogens is 252 g/mol. The molecule has 1 aromatic carbocycles. The Labute approximate surface area is 118 Å². The Bertz CT molecular complexity index is 557. The molecule has 0 bridgehead atoms. The van der Waals surface area contributed by atoms with Crippen LogP contribution in [0.4, 0.5) is 0 Å². The van der Waals surface area contributed by atoms with Crippen LogP contribution in [-0.4, -0.2) is 17.4 Å². The Balaban J connectivity index is 1.73. The van der Waals surface area contributed by atoms with E-state index in [1.807, 2.05) is 0 Å². The van der Waals surface area contributed by atoms with E-state index in [1.165, 1.54) is 29.9 Å². The smallest absolute Gasteiger partial charge is 0.244 e. The molecule has 20 heavy (non-hydrogen) atoms. The van der Waals surface area contributed by atoms with E-state index in [-0.39, 0.29) is 5.91 Å². The van der Waals surface area contributed by atoms with Crippen molar-refractivity contribution < 1.29 is 9.21 Å². The highest BCUT2D eigenvalue weighted by Gasteiger charge is 1.98. The van der Waals surface area contributed by atoms with Crippen molar-refractivity contribution in [1.29, 1.82) is 0 Å². The van der Waals surface area contributed by atoms with Crippen LogP contribution in [0.15, 0.2) is 47.4 Å². The molecule has 0 atom stereocenters. The summed E-state index contributed by atoms with van der Waals surface area (Å²) in [5.41, 5.74) is 3.19. The number of nitrogens with zero attached hydrogens (tertiary/aromatic N) is 1. The third-order valence-corrected chi connectivity index (χ3v) is 3.00. The molecule has 0 unspecified atom stereocenters. The molecule has 1 aromatic heterocycles. The number of rotatable bonds is 6. The zero-order valence-electron chi connectivity index (χ0n) is 11.5. The molecule has 2 rings (SSSR count). The van der Waals surface area contributed by atoms with Gasteiger partial charge in [0.25, 0.3) is 0 Å². The minimum absolute atomic E-state index is 0.127. The Morgan fingerprint density at radius 3 is 2.70 bits per heavy atom. The van der Waals surface area contributed by atoms with E-state index in [2.05, 4.69) is 41.5 Å². The summed E-state index contributed by atoms with van der Waals surface area (Å²) in [7, 11) is 0. The summed E-state index contributed by atoms with van der Waals surface area (Å²) in [6.07, 6.45) is 7.76. The second-order valence-electron chi connectivity index (χ2n) is 4.46. The molecule has 0 saturated heterocycles. The van der Waals surface area contributed by atoms with Crippen molar-refractivity contribution in [3.63, 3.8) is 0 Å². The number of carbonyl (C=O) groups is 1. The Hall–Kier alpha value is -2.36. The minimum atomic E-state index is -0.127. The van der Waals surface area contributed by atoms with Gasteiger partial charge in [-0.1, -0.05) is 31.2 Å². The van der Waals surface area contributed by atoms with Crippen LogP contribution >= 0.6 is 0 Å². The van der Waals surface area contributed by atoms with E-state index in [4.69, 9.17) is 4.42 Å². The lowest BCUT2D eigenvalue weighted by Gasteiger charge is -2.03. The van der Waals surface area contributed by atoms with Crippen LogP contribution in [0.3, 0.4) is 0 Å². The minimum Gasteiger partial charge on any atom is -0.451 e. The Morgan fingerprint density at radius 1 is 1.30 bits per heavy atom. The molecule has 104 valence electrons. The molecule has 2 aromatic rings. The molecule has 4 nitrogen and oxygen atoms in total. The van der Waals surface area contributed by atoms with Crippen LogP contribution in [0.1, 0.15) is 23.7 Å². The predicted octanol–water partition coefficient (Wildman–Crippen LogP) is 2.61. The molecular formula is C16H18N2O2. The molecule has 0 aliphatic rings. The zero-order valence-corrected chi connectivity index (χ0v) is 11.5. The fourth-order valence-electron chi connectivity index (χ4n) is 1.80. The summed E-state index contributed by atoms with van der Waals surface area (Å²) in [6.45, 7) is 2.75. The average Bonchev–Trinajstić information content (AvgIpc) is 2.99. The molecule has 4 heteroatoms. The van der Waals surface area contributed by atoms with Gasteiger partial charge in [-0.05, 0) is 30.0 Å². The SMILES string of the molecule is CCc1ccc(CCNC(=O)C=Cc2cocn2)cc1. The van der Waals surface area contributed by atoms with Gasteiger partial charge in [-0.15, -0.1) is 0 Å². The van der Waals surface area contributed by atoms with Crippen LogP contribution in [0.2, 0.25) is 0 Å². The van der Waals surface area contributed by atoms with E-state index < -0.39 is 0 Å². The highest BCUT2D eigenvalue weighted by Crippen LogP contribution is 2.05. The predicted molar refractivity (Wildman–Crippen MR) is 78.1 cm³/mol. The summed E-state index contributed by atoms with van der Waals surface area (Å²) >= 11 is 0. The molecule has 0 saturated carbocycles. The first-order valence-corrected chi connectivity index (χ1v) is 6.70. The molecule has 0 spiro atoms. The van der Waals surface area contributed by atoms with Gasteiger partial charge in [0.15, 0.2) is 6.39 Å². The number of nitrogens with one attached hydrogen (secondary N) is 1. The first-order chi connectivity index (χ1) is 9.78. The lowest BCUT2D eigenvalue weighted by molar-refractivity contribution is -0.116. The topological polar surface area (TPSA) is 55.1 Å². The lowest BCUT2D eigenvalue weighted by atomic mass is 10.1.